The van der Waals surface area contributed by atoms with Gasteiger partial charge in [0.15, 0.2) is 23.1 Å². The number of halogens is 3. The minimum absolute atomic E-state index is 0.0697. The Morgan fingerprint density at radius 2 is 1.89 bits per heavy atom. The van der Waals surface area contributed by atoms with E-state index in [0.29, 0.717) is 12.4 Å². The molecule has 0 bridgehead atoms. The summed E-state index contributed by atoms with van der Waals surface area (Å²) in [7, 11) is 0. The third kappa shape index (κ3) is 4.84. The van der Waals surface area contributed by atoms with Crippen LogP contribution in [-0.4, -0.2) is 22.6 Å². The number of carbonyl (C=O) groups is 1. The van der Waals surface area contributed by atoms with Gasteiger partial charge >= 0.3 is 0 Å². The summed E-state index contributed by atoms with van der Waals surface area (Å²) < 4.78 is 39.7. The van der Waals surface area contributed by atoms with E-state index >= 15 is 0 Å². The Kier molecular flexibility index (Phi) is 6.05. The first kappa shape index (κ1) is 18.9. The zero-order valence-corrected chi connectivity index (χ0v) is 14.6. The normalized spacial score (nSPS) is 13.8. The Hall–Kier alpha value is -2.90. The van der Waals surface area contributed by atoms with Gasteiger partial charge in [-0.25, -0.2) is 13.2 Å². The van der Waals surface area contributed by atoms with Gasteiger partial charge in [-0.15, -0.1) is 10.2 Å². The van der Waals surface area contributed by atoms with E-state index in [2.05, 4.69) is 26.9 Å². The van der Waals surface area contributed by atoms with Crippen molar-refractivity contribution in [1.82, 2.24) is 10.2 Å². The van der Waals surface area contributed by atoms with Crippen LogP contribution in [0.5, 0.6) is 0 Å². The van der Waals surface area contributed by atoms with Gasteiger partial charge in [0.05, 0.1) is 5.69 Å². The molecule has 0 aliphatic heterocycles. The van der Waals surface area contributed by atoms with E-state index in [9.17, 15) is 18.0 Å². The van der Waals surface area contributed by atoms with E-state index in [4.69, 9.17) is 0 Å². The lowest BCUT2D eigenvalue weighted by atomic mass is 9.97. The summed E-state index contributed by atoms with van der Waals surface area (Å²) in [4.78, 5) is 12.1. The van der Waals surface area contributed by atoms with Crippen molar-refractivity contribution in [1.29, 1.82) is 0 Å². The molecule has 0 unspecified atom stereocenters. The van der Waals surface area contributed by atoms with Gasteiger partial charge in [0.1, 0.15) is 5.82 Å². The van der Waals surface area contributed by atoms with Crippen molar-refractivity contribution in [3.05, 3.63) is 59.1 Å². The number of nitrogens with one attached hydrogen (secondary N) is 2. The number of hydrogen-bond donors (Lipinski definition) is 2. The lowest BCUT2D eigenvalue weighted by Gasteiger charge is -2.13. The molecule has 1 heterocycles. The average molecular weight is 376 g/mol. The minimum atomic E-state index is -1.65. The third-order valence-corrected chi connectivity index (χ3v) is 4.32. The van der Waals surface area contributed by atoms with Gasteiger partial charge in [-0.05, 0) is 56.4 Å². The summed E-state index contributed by atoms with van der Waals surface area (Å²) in [6.45, 7) is 0.714. The van der Waals surface area contributed by atoms with Crippen molar-refractivity contribution >= 4 is 17.4 Å². The Morgan fingerprint density at radius 1 is 1.04 bits per heavy atom. The second kappa shape index (κ2) is 8.66. The Morgan fingerprint density at radius 3 is 2.59 bits per heavy atom. The van der Waals surface area contributed by atoms with Crippen LogP contribution in [0.4, 0.5) is 24.7 Å². The average Bonchev–Trinajstić information content (AvgIpc) is 2.70. The summed E-state index contributed by atoms with van der Waals surface area (Å²) >= 11 is 0. The topological polar surface area (TPSA) is 66.9 Å². The molecule has 1 amide bonds. The molecule has 3 rings (SSSR count). The summed E-state index contributed by atoms with van der Waals surface area (Å²) in [5.41, 5.74) is 0.898. The zero-order valence-electron chi connectivity index (χ0n) is 14.6. The number of nitrogens with zero attached hydrogens (tertiary/aromatic N) is 2. The predicted octanol–water partition coefficient (Wildman–Crippen LogP) is 4.45. The molecule has 5 nitrogen and oxygen atoms in total. The second-order valence-electron chi connectivity index (χ2n) is 6.27. The van der Waals surface area contributed by atoms with Crippen LogP contribution in [0.3, 0.4) is 0 Å². The molecule has 0 radical (unpaired) electrons. The van der Waals surface area contributed by atoms with Crippen molar-refractivity contribution in [2.75, 3.05) is 17.2 Å². The quantitative estimate of drug-likeness (QED) is 0.577. The number of anilines is 2. The molecule has 2 aromatic rings. The first-order chi connectivity index (χ1) is 13.0. The molecule has 0 atom stereocenters. The van der Waals surface area contributed by atoms with Gasteiger partial charge < -0.3 is 10.6 Å². The van der Waals surface area contributed by atoms with Gasteiger partial charge in [0.25, 0.3) is 5.91 Å². The molecule has 2 N–H and O–H groups in total. The van der Waals surface area contributed by atoms with E-state index in [1.165, 1.54) is 24.5 Å². The van der Waals surface area contributed by atoms with Crippen LogP contribution in [0.15, 0.2) is 35.9 Å². The fourth-order valence-corrected chi connectivity index (χ4v) is 2.84. The molecule has 8 heteroatoms. The SMILES string of the molecule is O=C(Nc1ccc(F)c(F)c1F)c1ccc(NCCC2=CCCCC2)nn1. The highest BCUT2D eigenvalue weighted by atomic mass is 19.2. The monoisotopic (exact) mass is 376 g/mol. The second-order valence-corrected chi connectivity index (χ2v) is 6.27. The van der Waals surface area contributed by atoms with Crippen molar-refractivity contribution in [3.8, 4) is 0 Å². The molecule has 1 aliphatic carbocycles. The van der Waals surface area contributed by atoms with Crippen LogP contribution in [0.25, 0.3) is 0 Å². The van der Waals surface area contributed by atoms with Crippen molar-refractivity contribution in [3.63, 3.8) is 0 Å². The van der Waals surface area contributed by atoms with Crippen molar-refractivity contribution in [2.45, 2.75) is 32.1 Å². The fourth-order valence-electron chi connectivity index (χ4n) is 2.84. The molecular formula is C19H19F3N4O. The zero-order chi connectivity index (χ0) is 19.2. The third-order valence-electron chi connectivity index (χ3n) is 4.32. The molecule has 0 fully saturated rings. The molecule has 142 valence electrons. The maximum atomic E-state index is 13.6. The number of carbonyl (C=O) groups excluding carboxylic acids is 1. The lowest BCUT2D eigenvalue weighted by Crippen LogP contribution is -2.16. The minimum Gasteiger partial charge on any atom is -0.368 e. The number of aromatic nitrogens is 2. The first-order valence-corrected chi connectivity index (χ1v) is 8.75. The highest BCUT2D eigenvalue weighted by Crippen LogP contribution is 2.21. The van der Waals surface area contributed by atoms with E-state index < -0.39 is 29.0 Å². The number of rotatable bonds is 6. The molecular weight excluding hydrogens is 357 g/mol. The summed E-state index contributed by atoms with van der Waals surface area (Å²) in [5, 5.41) is 13.0. The van der Waals surface area contributed by atoms with Crippen LogP contribution in [0.1, 0.15) is 42.6 Å². The largest absolute Gasteiger partial charge is 0.368 e. The van der Waals surface area contributed by atoms with Crippen LogP contribution in [0, 0.1) is 17.5 Å². The molecule has 1 aliphatic rings. The molecule has 0 spiro atoms. The van der Waals surface area contributed by atoms with Gasteiger partial charge in [-0.2, -0.15) is 0 Å². The van der Waals surface area contributed by atoms with Gasteiger partial charge in [-0.3, -0.25) is 4.79 Å². The highest BCUT2D eigenvalue weighted by Gasteiger charge is 2.17. The molecule has 27 heavy (non-hydrogen) atoms. The summed E-state index contributed by atoms with van der Waals surface area (Å²) in [5.74, 6) is -4.70. The van der Waals surface area contributed by atoms with Gasteiger partial charge in [0, 0.05) is 6.54 Å². The summed E-state index contributed by atoms with van der Waals surface area (Å²) in [6, 6.07) is 4.67. The standard InChI is InChI=1S/C19H19F3N4O/c20-13-6-7-14(18(22)17(13)21)24-19(27)15-8-9-16(26-25-15)23-11-10-12-4-2-1-3-5-12/h4,6-9H,1-3,5,10-11H2,(H,23,26)(H,24,27). The van der Waals surface area contributed by atoms with Crippen LogP contribution in [-0.2, 0) is 0 Å². The number of amides is 1. The summed E-state index contributed by atoms with van der Waals surface area (Å²) in [6.07, 6.45) is 7.96. The fraction of sp³-hybridized carbons (Fsp3) is 0.316. The number of benzene rings is 1. The lowest BCUT2D eigenvalue weighted by molar-refractivity contribution is 0.102. The van der Waals surface area contributed by atoms with Crippen molar-refractivity contribution in [2.24, 2.45) is 0 Å². The van der Waals surface area contributed by atoms with Crippen molar-refractivity contribution < 1.29 is 18.0 Å². The van der Waals surface area contributed by atoms with Crippen LogP contribution in [0.2, 0.25) is 0 Å². The van der Waals surface area contributed by atoms with Crippen LogP contribution >= 0.6 is 0 Å². The highest BCUT2D eigenvalue weighted by molar-refractivity contribution is 6.02. The van der Waals surface area contributed by atoms with E-state index in [-0.39, 0.29) is 5.69 Å². The first-order valence-electron chi connectivity index (χ1n) is 8.75. The molecule has 1 aromatic heterocycles. The van der Waals surface area contributed by atoms with Gasteiger partial charge in [0.2, 0.25) is 0 Å². The number of allylic oxidation sites excluding steroid dienone is 1. The maximum absolute atomic E-state index is 13.6. The predicted molar refractivity (Wildman–Crippen MR) is 96.0 cm³/mol. The molecule has 0 saturated carbocycles. The molecule has 1 aromatic carbocycles. The van der Waals surface area contributed by atoms with E-state index in [0.717, 1.165) is 31.4 Å². The Bertz CT molecular complexity index is 853. The van der Waals surface area contributed by atoms with E-state index in [1.54, 1.807) is 6.07 Å². The van der Waals surface area contributed by atoms with Gasteiger partial charge in [-0.1, -0.05) is 11.6 Å². The van der Waals surface area contributed by atoms with E-state index in [1.807, 2.05) is 0 Å². The number of hydrogen-bond acceptors (Lipinski definition) is 4. The Labute approximate surface area is 154 Å². The van der Waals surface area contributed by atoms with Crippen LogP contribution < -0.4 is 10.6 Å². The Balaban J connectivity index is 1.55. The molecule has 0 saturated heterocycles. The smallest absolute Gasteiger partial charge is 0.276 e. The maximum Gasteiger partial charge on any atom is 0.276 e.